The van der Waals surface area contributed by atoms with E-state index in [0.29, 0.717) is 11.3 Å². The van der Waals surface area contributed by atoms with Gasteiger partial charge in [0, 0.05) is 0 Å². The second-order valence-electron chi connectivity index (χ2n) is 5.88. The minimum Gasteiger partial charge on any atom is -0.462 e. The van der Waals surface area contributed by atoms with Crippen LogP contribution in [0.5, 0.6) is 0 Å². The Labute approximate surface area is 93.4 Å². The minimum absolute atomic E-state index is 0.00440. The second-order valence-corrected chi connectivity index (χ2v) is 5.88. The van der Waals surface area contributed by atoms with Crippen LogP contribution in [-0.4, -0.2) is 12.1 Å². The molecule has 0 aromatic carbocycles. The highest BCUT2D eigenvalue weighted by Crippen LogP contribution is 2.41. The fourth-order valence-corrected chi connectivity index (χ4v) is 2.02. The predicted octanol–water partition coefficient (Wildman–Crippen LogP) is 3.40. The van der Waals surface area contributed by atoms with E-state index in [1.165, 1.54) is 0 Å². The fourth-order valence-electron chi connectivity index (χ4n) is 2.02. The zero-order chi connectivity index (χ0) is 11.6. The molecule has 0 bridgehead atoms. The molecule has 1 aliphatic rings. The third kappa shape index (κ3) is 3.22. The second kappa shape index (κ2) is 4.54. The zero-order valence-electron chi connectivity index (χ0n) is 10.7. The maximum absolute atomic E-state index is 11.5. The lowest BCUT2D eigenvalue weighted by atomic mass is 9.69. The van der Waals surface area contributed by atoms with Crippen molar-refractivity contribution in [3.8, 4) is 0 Å². The van der Waals surface area contributed by atoms with Crippen LogP contribution >= 0.6 is 0 Å². The molecular weight excluding hydrogens is 188 g/mol. The lowest BCUT2D eigenvalue weighted by Gasteiger charge is -2.40. The van der Waals surface area contributed by atoms with E-state index < -0.39 is 0 Å². The van der Waals surface area contributed by atoms with E-state index in [1.54, 1.807) is 0 Å². The van der Waals surface area contributed by atoms with E-state index in [4.69, 9.17) is 4.74 Å². The van der Waals surface area contributed by atoms with Gasteiger partial charge in [0.05, 0.1) is 5.92 Å². The van der Waals surface area contributed by atoms with E-state index in [2.05, 4.69) is 20.8 Å². The Hall–Kier alpha value is -0.530. The molecule has 0 amide bonds. The Morgan fingerprint density at radius 3 is 2.47 bits per heavy atom. The number of hydrogen-bond donors (Lipinski definition) is 0. The molecule has 0 aromatic heterocycles. The van der Waals surface area contributed by atoms with Gasteiger partial charge in [-0.15, -0.1) is 0 Å². The summed E-state index contributed by atoms with van der Waals surface area (Å²) in [6, 6.07) is 0. The third-order valence-electron chi connectivity index (χ3n) is 3.82. The highest BCUT2D eigenvalue weighted by molar-refractivity contribution is 5.71. The van der Waals surface area contributed by atoms with Gasteiger partial charge in [0.15, 0.2) is 0 Å². The van der Waals surface area contributed by atoms with Crippen LogP contribution in [0.25, 0.3) is 0 Å². The summed E-state index contributed by atoms with van der Waals surface area (Å²) in [6.07, 6.45) is 3.36. The summed E-state index contributed by atoms with van der Waals surface area (Å²) >= 11 is 0. The fraction of sp³-hybridized carbons (Fsp3) is 0.923. The number of ether oxygens (including phenoxy) is 1. The van der Waals surface area contributed by atoms with Gasteiger partial charge in [0.2, 0.25) is 0 Å². The highest BCUT2D eigenvalue weighted by atomic mass is 16.5. The van der Waals surface area contributed by atoms with Crippen molar-refractivity contribution in [3.63, 3.8) is 0 Å². The lowest BCUT2D eigenvalue weighted by Crippen LogP contribution is -2.35. The molecule has 0 radical (unpaired) electrons. The molecular formula is C13H24O2. The van der Waals surface area contributed by atoms with Crippen LogP contribution in [0.1, 0.15) is 53.9 Å². The van der Waals surface area contributed by atoms with Gasteiger partial charge < -0.3 is 4.74 Å². The lowest BCUT2D eigenvalue weighted by molar-refractivity contribution is -0.156. The summed E-state index contributed by atoms with van der Waals surface area (Å²) < 4.78 is 5.48. The smallest absolute Gasteiger partial charge is 0.308 e. The molecule has 0 aliphatic heterocycles. The van der Waals surface area contributed by atoms with Crippen LogP contribution < -0.4 is 0 Å². The summed E-state index contributed by atoms with van der Waals surface area (Å²) in [5.41, 5.74) is 0.404. The molecule has 1 rings (SSSR count). The molecule has 1 aliphatic carbocycles. The molecule has 2 heteroatoms. The standard InChI is InChI=1S/C13H24O2/c1-9(2)12(14)15-11-6-7-13(4,5)10(3)8-11/h9-11H,6-8H2,1-5H3/t10?,11-/m0/s1. The number of rotatable bonds is 2. The summed E-state index contributed by atoms with van der Waals surface area (Å²) in [6.45, 7) is 10.6. The average Bonchev–Trinajstić information content (AvgIpc) is 2.12. The monoisotopic (exact) mass is 212 g/mol. The first kappa shape index (κ1) is 12.5. The molecule has 0 saturated heterocycles. The molecule has 0 spiro atoms. The third-order valence-corrected chi connectivity index (χ3v) is 3.82. The van der Waals surface area contributed by atoms with E-state index in [9.17, 15) is 4.79 Å². The maximum Gasteiger partial charge on any atom is 0.308 e. The molecule has 2 nitrogen and oxygen atoms in total. The molecule has 0 heterocycles. The number of esters is 1. The van der Waals surface area contributed by atoms with Gasteiger partial charge in [-0.3, -0.25) is 4.79 Å². The van der Waals surface area contributed by atoms with Crippen molar-refractivity contribution < 1.29 is 9.53 Å². The Balaban J connectivity index is 2.45. The topological polar surface area (TPSA) is 26.3 Å². The van der Waals surface area contributed by atoms with Crippen LogP contribution in [0.4, 0.5) is 0 Å². The highest BCUT2D eigenvalue weighted by Gasteiger charge is 2.35. The van der Waals surface area contributed by atoms with Gasteiger partial charge in [-0.2, -0.15) is 0 Å². The predicted molar refractivity (Wildman–Crippen MR) is 61.5 cm³/mol. The molecule has 1 fully saturated rings. The Morgan fingerprint density at radius 1 is 1.40 bits per heavy atom. The van der Waals surface area contributed by atoms with E-state index >= 15 is 0 Å². The summed E-state index contributed by atoms with van der Waals surface area (Å²) in [5, 5.41) is 0. The van der Waals surface area contributed by atoms with Crippen LogP contribution in [0, 0.1) is 17.3 Å². The quantitative estimate of drug-likeness (QED) is 0.656. The minimum atomic E-state index is -0.0492. The summed E-state index contributed by atoms with van der Waals surface area (Å²) in [4.78, 5) is 11.5. The van der Waals surface area contributed by atoms with E-state index in [-0.39, 0.29) is 18.0 Å². The number of carbonyl (C=O) groups excluding carboxylic acids is 1. The van der Waals surface area contributed by atoms with Crippen LogP contribution in [0.2, 0.25) is 0 Å². The van der Waals surface area contributed by atoms with E-state index in [1.807, 2.05) is 13.8 Å². The van der Waals surface area contributed by atoms with Crippen LogP contribution in [0.3, 0.4) is 0 Å². The first-order valence-corrected chi connectivity index (χ1v) is 6.03. The zero-order valence-corrected chi connectivity index (χ0v) is 10.7. The molecule has 15 heavy (non-hydrogen) atoms. The molecule has 88 valence electrons. The van der Waals surface area contributed by atoms with Gasteiger partial charge in [0.1, 0.15) is 6.10 Å². The molecule has 1 saturated carbocycles. The normalized spacial score (nSPS) is 30.3. The molecule has 0 N–H and O–H groups in total. The summed E-state index contributed by atoms with van der Waals surface area (Å²) in [5.74, 6) is 0.582. The van der Waals surface area contributed by atoms with Gasteiger partial charge in [0.25, 0.3) is 0 Å². The number of carbonyl (C=O) groups is 1. The Kier molecular flexibility index (Phi) is 3.80. The van der Waals surface area contributed by atoms with Crippen LogP contribution in [-0.2, 0) is 9.53 Å². The van der Waals surface area contributed by atoms with Gasteiger partial charge in [-0.1, -0.05) is 34.6 Å². The van der Waals surface area contributed by atoms with Crippen molar-refractivity contribution in [1.29, 1.82) is 0 Å². The van der Waals surface area contributed by atoms with E-state index in [0.717, 1.165) is 19.3 Å². The maximum atomic E-state index is 11.5. The van der Waals surface area contributed by atoms with Crippen molar-refractivity contribution in [2.24, 2.45) is 17.3 Å². The first-order valence-electron chi connectivity index (χ1n) is 6.03. The van der Waals surface area contributed by atoms with Crippen molar-refractivity contribution in [1.82, 2.24) is 0 Å². The Bertz CT molecular complexity index is 231. The molecule has 1 unspecified atom stereocenters. The van der Waals surface area contributed by atoms with Gasteiger partial charge in [-0.05, 0) is 30.6 Å². The van der Waals surface area contributed by atoms with Crippen LogP contribution in [0.15, 0.2) is 0 Å². The largest absolute Gasteiger partial charge is 0.462 e. The molecule has 0 aromatic rings. The Morgan fingerprint density at radius 2 is 2.00 bits per heavy atom. The van der Waals surface area contributed by atoms with Crippen molar-refractivity contribution in [2.45, 2.75) is 60.0 Å². The van der Waals surface area contributed by atoms with Gasteiger partial charge >= 0.3 is 5.97 Å². The van der Waals surface area contributed by atoms with Crippen molar-refractivity contribution >= 4 is 5.97 Å². The molecule has 2 atom stereocenters. The van der Waals surface area contributed by atoms with Crippen molar-refractivity contribution in [3.05, 3.63) is 0 Å². The first-order chi connectivity index (χ1) is 6.83. The number of hydrogen-bond acceptors (Lipinski definition) is 2. The average molecular weight is 212 g/mol. The van der Waals surface area contributed by atoms with Crippen molar-refractivity contribution in [2.75, 3.05) is 0 Å². The van der Waals surface area contributed by atoms with Gasteiger partial charge in [-0.25, -0.2) is 0 Å². The summed E-state index contributed by atoms with van der Waals surface area (Å²) in [7, 11) is 0. The SMILES string of the molecule is CC(C)C(=O)O[C@H]1CCC(C)(C)C(C)C1.